The molecule has 2 N–H and O–H groups in total. The maximum absolute atomic E-state index is 11.9. The van der Waals surface area contributed by atoms with Gasteiger partial charge in [0.25, 0.3) is 5.91 Å². The van der Waals surface area contributed by atoms with Crippen molar-refractivity contribution in [2.75, 3.05) is 0 Å². The molecule has 0 aliphatic rings. The Morgan fingerprint density at radius 3 is 2.93 bits per heavy atom. The highest BCUT2D eigenvalue weighted by molar-refractivity contribution is 7.16. The molecule has 136 valence electrons. The Bertz CT molecular complexity index is 1140. The normalized spacial score (nSPS) is 12.2. The quantitative estimate of drug-likeness (QED) is 0.541. The number of pyridine rings is 1. The lowest BCUT2D eigenvalue weighted by atomic mass is 10.1. The van der Waals surface area contributed by atoms with Crippen LogP contribution >= 0.6 is 22.9 Å². The third-order valence-corrected chi connectivity index (χ3v) is 5.62. The summed E-state index contributed by atoms with van der Waals surface area (Å²) in [7, 11) is 0. The SMILES string of the molecule is CC(Oc1cc(-n2cnc3cnccc32)sc1C(N)=O)c1ccccc1Cl. The van der Waals surface area contributed by atoms with Gasteiger partial charge in [0.15, 0.2) is 0 Å². The van der Waals surface area contributed by atoms with Gasteiger partial charge in [0.05, 0.1) is 11.7 Å². The van der Waals surface area contributed by atoms with Crippen molar-refractivity contribution in [3.8, 4) is 10.8 Å². The molecule has 1 amide bonds. The molecule has 0 aliphatic carbocycles. The first-order valence-electron chi connectivity index (χ1n) is 8.16. The van der Waals surface area contributed by atoms with E-state index in [0.29, 0.717) is 15.6 Å². The van der Waals surface area contributed by atoms with Gasteiger partial charge in [-0.15, -0.1) is 11.3 Å². The van der Waals surface area contributed by atoms with Crippen molar-refractivity contribution in [2.24, 2.45) is 5.73 Å². The molecule has 0 saturated carbocycles. The van der Waals surface area contributed by atoms with E-state index in [-0.39, 0.29) is 6.10 Å². The number of carbonyl (C=O) groups is 1. The Labute approximate surface area is 164 Å². The molecule has 6 nitrogen and oxygen atoms in total. The zero-order valence-electron chi connectivity index (χ0n) is 14.3. The molecule has 1 atom stereocenters. The maximum Gasteiger partial charge on any atom is 0.262 e. The van der Waals surface area contributed by atoms with E-state index < -0.39 is 5.91 Å². The van der Waals surface area contributed by atoms with Crippen LogP contribution in [-0.4, -0.2) is 20.4 Å². The number of nitrogens with two attached hydrogens (primary N) is 1. The fourth-order valence-electron chi connectivity index (χ4n) is 2.84. The van der Waals surface area contributed by atoms with E-state index in [1.165, 1.54) is 11.3 Å². The van der Waals surface area contributed by atoms with Crippen LogP contribution in [0.1, 0.15) is 28.3 Å². The molecule has 4 rings (SSSR count). The van der Waals surface area contributed by atoms with Crippen LogP contribution in [0.3, 0.4) is 0 Å². The van der Waals surface area contributed by atoms with E-state index >= 15 is 0 Å². The molecule has 1 unspecified atom stereocenters. The first kappa shape index (κ1) is 17.5. The van der Waals surface area contributed by atoms with Crippen LogP contribution in [0.25, 0.3) is 16.0 Å². The molecule has 0 aliphatic heterocycles. The van der Waals surface area contributed by atoms with E-state index in [4.69, 9.17) is 22.1 Å². The number of hydrogen-bond donors (Lipinski definition) is 1. The molecule has 0 radical (unpaired) electrons. The van der Waals surface area contributed by atoms with E-state index in [1.807, 2.05) is 35.8 Å². The molecule has 27 heavy (non-hydrogen) atoms. The Hall–Kier alpha value is -2.90. The molecule has 0 bridgehead atoms. The molecule has 0 spiro atoms. The van der Waals surface area contributed by atoms with Crippen molar-refractivity contribution in [1.82, 2.24) is 14.5 Å². The van der Waals surface area contributed by atoms with Crippen molar-refractivity contribution >= 4 is 39.9 Å². The number of fused-ring (bicyclic) bond motifs is 1. The van der Waals surface area contributed by atoms with E-state index in [1.54, 1.807) is 30.9 Å². The van der Waals surface area contributed by atoms with Crippen molar-refractivity contribution < 1.29 is 9.53 Å². The van der Waals surface area contributed by atoms with Crippen LogP contribution in [0.15, 0.2) is 55.1 Å². The molecule has 3 heterocycles. The standard InChI is InChI=1S/C19H15ClN4O2S/c1-11(12-4-2-3-5-13(12)20)26-16-8-17(27-18(16)19(21)25)24-10-23-14-9-22-7-6-15(14)24/h2-11H,1H3,(H2,21,25). The number of benzene rings is 1. The van der Waals surface area contributed by atoms with E-state index in [2.05, 4.69) is 9.97 Å². The first-order chi connectivity index (χ1) is 13.0. The highest BCUT2D eigenvalue weighted by atomic mass is 35.5. The van der Waals surface area contributed by atoms with Crippen LogP contribution < -0.4 is 10.5 Å². The minimum absolute atomic E-state index is 0.344. The summed E-state index contributed by atoms with van der Waals surface area (Å²) in [4.78, 5) is 20.7. The number of imidazole rings is 1. The number of ether oxygens (including phenoxy) is 1. The maximum atomic E-state index is 11.9. The van der Waals surface area contributed by atoms with Crippen molar-refractivity contribution in [3.63, 3.8) is 0 Å². The minimum Gasteiger partial charge on any atom is -0.484 e. The Morgan fingerprint density at radius 2 is 2.15 bits per heavy atom. The monoisotopic (exact) mass is 398 g/mol. The molecule has 1 aromatic carbocycles. The fraction of sp³-hybridized carbons (Fsp3) is 0.105. The zero-order valence-corrected chi connectivity index (χ0v) is 15.9. The predicted octanol–water partition coefficient (Wildman–Crippen LogP) is 4.37. The summed E-state index contributed by atoms with van der Waals surface area (Å²) in [5, 5.41) is 1.38. The van der Waals surface area contributed by atoms with Crippen molar-refractivity contribution in [2.45, 2.75) is 13.0 Å². The topological polar surface area (TPSA) is 83.0 Å². The summed E-state index contributed by atoms with van der Waals surface area (Å²) in [6.07, 6.45) is 4.72. The van der Waals surface area contributed by atoms with Crippen LogP contribution in [0.2, 0.25) is 5.02 Å². The average molecular weight is 399 g/mol. The summed E-state index contributed by atoms with van der Waals surface area (Å²) in [5.74, 6) is -0.121. The first-order valence-corrected chi connectivity index (χ1v) is 9.36. The highest BCUT2D eigenvalue weighted by Gasteiger charge is 2.20. The minimum atomic E-state index is -0.543. The van der Waals surface area contributed by atoms with Gasteiger partial charge in [0, 0.05) is 22.8 Å². The summed E-state index contributed by atoms with van der Waals surface area (Å²) in [5.41, 5.74) is 8.05. The lowest BCUT2D eigenvalue weighted by Crippen LogP contribution is -2.12. The van der Waals surface area contributed by atoms with Gasteiger partial charge in [-0.25, -0.2) is 4.98 Å². The number of thiophene rings is 1. The Morgan fingerprint density at radius 1 is 1.33 bits per heavy atom. The van der Waals surface area contributed by atoms with E-state index in [0.717, 1.165) is 21.6 Å². The van der Waals surface area contributed by atoms with Gasteiger partial charge in [-0.1, -0.05) is 29.8 Å². The Kier molecular flexibility index (Phi) is 4.55. The summed E-state index contributed by atoms with van der Waals surface area (Å²) < 4.78 is 7.92. The molecule has 0 saturated heterocycles. The third kappa shape index (κ3) is 3.27. The second-order valence-electron chi connectivity index (χ2n) is 5.90. The third-order valence-electron chi connectivity index (χ3n) is 4.14. The van der Waals surface area contributed by atoms with Gasteiger partial charge in [0.2, 0.25) is 0 Å². The summed E-state index contributed by atoms with van der Waals surface area (Å²) >= 11 is 7.50. The number of aromatic nitrogens is 3. The molecule has 8 heteroatoms. The number of rotatable bonds is 5. The number of amides is 1. The lowest BCUT2D eigenvalue weighted by molar-refractivity contribution is 0.0998. The van der Waals surface area contributed by atoms with Crippen LogP contribution in [0, 0.1) is 0 Å². The zero-order chi connectivity index (χ0) is 19.0. The van der Waals surface area contributed by atoms with Crippen LogP contribution in [-0.2, 0) is 0 Å². The predicted molar refractivity (Wildman–Crippen MR) is 106 cm³/mol. The second-order valence-corrected chi connectivity index (χ2v) is 7.34. The van der Waals surface area contributed by atoms with Crippen LogP contribution in [0.4, 0.5) is 0 Å². The highest BCUT2D eigenvalue weighted by Crippen LogP contribution is 2.36. The molecular weight excluding hydrogens is 384 g/mol. The number of primary amides is 1. The largest absolute Gasteiger partial charge is 0.484 e. The van der Waals surface area contributed by atoms with Gasteiger partial charge < -0.3 is 10.5 Å². The lowest BCUT2D eigenvalue weighted by Gasteiger charge is -2.16. The van der Waals surface area contributed by atoms with Crippen molar-refractivity contribution in [3.05, 3.63) is 70.6 Å². The van der Waals surface area contributed by atoms with Gasteiger partial charge in [-0.3, -0.25) is 14.3 Å². The number of hydrogen-bond acceptors (Lipinski definition) is 5. The molecular formula is C19H15ClN4O2S. The number of halogens is 1. The smallest absolute Gasteiger partial charge is 0.262 e. The van der Waals surface area contributed by atoms with Gasteiger partial charge in [-0.2, -0.15) is 0 Å². The molecule has 3 aromatic heterocycles. The van der Waals surface area contributed by atoms with Gasteiger partial charge >= 0.3 is 0 Å². The molecule has 4 aromatic rings. The van der Waals surface area contributed by atoms with Gasteiger partial charge in [-0.05, 0) is 19.1 Å². The van der Waals surface area contributed by atoms with Crippen molar-refractivity contribution in [1.29, 1.82) is 0 Å². The van der Waals surface area contributed by atoms with E-state index in [9.17, 15) is 4.79 Å². The fourth-order valence-corrected chi connectivity index (χ4v) is 4.05. The summed E-state index contributed by atoms with van der Waals surface area (Å²) in [6.45, 7) is 1.88. The number of nitrogens with zero attached hydrogens (tertiary/aromatic N) is 3. The van der Waals surface area contributed by atoms with Gasteiger partial charge in [0.1, 0.15) is 33.6 Å². The molecule has 0 fully saturated rings. The summed E-state index contributed by atoms with van der Waals surface area (Å²) in [6, 6.07) is 11.1. The number of carbonyl (C=O) groups excluding carboxylic acids is 1. The van der Waals surface area contributed by atoms with Crippen LogP contribution in [0.5, 0.6) is 5.75 Å². The average Bonchev–Trinajstić information content (AvgIpc) is 3.26. The Balaban J connectivity index is 1.73. The second kappa shape index (κ2) is 7.02.